The SMILES string of the molecule is Cc1ccc2c(c1)C(Nc1ccc(CC(N)=O)cc1)CC2. The average molecular weight is 280 g/mol. The van der Waals surface area contributed by atoms with E-state index < -0.39 is 0 Å². The largest absolute Gasteiger partial charge is 0.378 e. The maximum atomic E-state index is 10.9. The first-order chi connectivity index (χ1) is 10.1. The summed E-state index contributed by atoms with van der Waals surface area (Å²) in [5, 5.41) is 3.59. The molecule has 0 aliphatic heterocycles. The summed E-state index contributed by atoms with van der Waals surface area (Å²) in [5.74, 6) is -0.295. The zero-order valence-corrected chi connectivity index (χ0v) is 12.2. The smallest absolute Gasteiger partial charge is 0.221 e. The van der Waals surface area contributed by atoms with Crippen LogP contribution in [0.15, 0.2) is 42.5 Å². The van der Waals surface area contributed by atoms with Gasteiger partial charge >= 0.3 is 0 Å². The molecule has 0 bridgehead atoms. The lowest BCUT2D eigenvalue weighted by molar-refractivity contribution is -0.117. The Hall–Kier alpha value is -2.29. The van der Waals surface area contributed by atoms with Gasteiger partial charge in [0.25, 0.3) is 0 Å². The molecule has 1 amide bonds. The minimum atomic E-state index is -0.295. The number of carbonyl (C=O) groups is 1. The van der Waals surface area contributed by atoms with E-state index in [2.05, 4.69) is 30.4 Å². The summed E-state index contributed by atoms with van der Waals surface area (Å²) in [6, 6.07) is 15.0. The molecular formula is C18H20N2O. The highest BCUT2D eigenvalue weighted by Gasteiger charge is 2.22. The second-order valence-corrected chi connectivity index (χ2v) is 5.78. The summed E-state index contributed by atoms with van der Waals surface area (Å²) in [6.07, 6.45) is 2.56. The molecule has 1 atom stereocenters. The Labute approximate surface area is 125 Å². The molecule has 0 heterocycles. The quantitative estimate of drug-likeness (QED) is 0.904. The van der Waals surface area contributed by atoms with E-state index in [1.165, 1.54) is 16.7 Å². The Morgan fingerprint density at radius 2 is 2.00 bits per heavy atom. The molecule has 0 saturated heterocycles. The molecule has 108 valence electrons. The Balaban J connectivity index is 1.74. The van der Waals surface area contributed by atoms with E-state index in [1.54, 1.807) is 0 Å². The van der Waals surface area contributed by atoms with E-state index in [1.807, 2.05) is 24.3 Å². The summed E-state index contributed by atoms with van der Waals surface area (Å²) >= 11 is 0. The van der Waals surface area contributed by atoms with Gasteiger partial charge in [-0.3, -0.25) is 4.79 Å². The van der Waals surface area contributed by atoms with Gasteiger partial charge in [-0.2, -0.15) is 0 Å². The number of hydrogen-bond donors (Lipinski definition) is 2. The fourth-order valence-electron chi connectivity index (χ4n) is 2.99. The van der Waals surface area contributed by atoms with E-state index in [0.29, 0.717) is 12.5 Å². The second kappa shape index (κ2) is 5.60. The minimum absolute atomic E-state index is 0.295. The highest BCUT2D eigenvalue weighted by Crippen LogP contribution is 2.34. The molecule has 3 heteroatoms. The van der Waals surface area contributed by atoms with Crippen molar-refractivity contribution >= 4 is 11.6 Å². The van der Waals surface area contributed by atoms with Crippen molar-refractivity contribution in [1.82, 2.24) is 0 Å². The number of nitrogens with one attached hydrogen (secondary N) is 1. The van der Waals surface area contributed by atoms with Crippen molar-refractivity contribution in [2.24, 2.45) is 5.73 Å². The van der Waals surface area contributed by atoms with Crippen LogP contribution < -0.4 is 11.1 Å². The van der Waals surface area contributed by atoms with Crippen molar-refractivity contribution in [1.29, 1.82) is 0 Å². The van der Waals surface area contributed by atoms with Gasteiger partial charge in [0.15, 0.2) is 0 Å². The van der Waals surface area contributed by atoms with Gasteiger partial charge in [0.2, 0.25) is 5.91 Å². The third kappa shape index (κ3) is 3.07. The molecule has 0 radical (unpaired) electrons. The van der Waals surface area contributed by atoms with E-state index in [9.17, 15) is 4.79 Å². The van der Waals surface area contributed by atoms with Crippen LogP contribution in [-0.4, -0.2) is 5.91 Å². The number of benzene rings is 2. The van der Waals surface area contributed by atoms with E-state index in [-0.39, 0.29) is 5.91 Å². The minimum Gasteiger partial charge on any atom is -0.378 e. The van der Waals surface area contributed by atoms with E-state index in [0.717, 1.165) is 24.1 Å². The van der Waals surface area contributed by atoms with Crippen molar-refractivity contribution in [3.63, 3.8) is 0 Å². The summed E-state index contributed by atoms with van der Waals surface area (Å²) in [6.45, 7) is 2.13. The Morgan fingerprint density at radius 1 is 1.24 bits per heavy atom. The van der Waals surface area contributed by atoms with E-state index in [4.69, 9.17) is 5.73 Å². The summed E-state index contributed by atoms with van der Waals surface area (Å²) in [7, 11) is 0. The highest BCUT2D eigenvalue weighted by molar-refractivity contribution is 5.76. The monoisotopic (exact) mass is 280 g/mol. The summed E-state index contributed by atoms with van der Waals surface area (Å²) in [4.78, 5) is 10.9. The third-order valence-corrected chi connectivity index (χ3v) is 4.05. The van der Waals surface area contributed by atoms with E-state index >= 15 is 0 Å². The molecule has 0 saturated carbocycles. The van der Waals surface area contributed by atoms with Crippen molar-refractivity contribution in [2.45, 2.75) is 32.2 Å². The first-order valence-corrected chi connectivity index (χ1v) is 7.35. The van der Waals surface area contributed by atoms with Gasteiger partial charge in [-0.05, 0) is 48.6 Å². The number of rotatable bonds is 4. The molecule has 2 aromatic carbocycles. The van der Waals surface area contributed by atoms with Crippen molar-refractivity contribution in [3.05, 3.63) is 64.7 Å². The molecule has 2 aromatic rings. The average Bonchev–Trinajstić information content (AvgIpc) is 2.83. The number of nitrogens with two attached hydrogens (primary N) is 1. The molecular weight excluding hydrogens is 260 g/mol. The molecule has 3 rings (SSSR count). The third-order valence-electron chi connectivity index (χ3n) is 4.05. The molecule has 1 aliphatic carbocycles. The fourth-order valence-corrected chi connectivity index (χ4v) is 2.99. The molecule has 3 nitrogen and oxygen atoms in total. The van der Waals surface area contributed by atoms with Gasteiger partial charge in [-0.25, -0.2) is 0 Å². The zero-order valence-electron chi connectivity index (χ0n) is 12.2. The Morgan fingerprint density at radius 3 is 2.71 bits per heavy atom. The fraction of sp³-hybridized carbons (Fsp3) is 0.278. The lowest BCUT2D eigenvalue weighted by Gasteiger charge is -2.16. The van der Waals surface area contributed by atoms with Crippen LogP contribution in [0.5, 0.6) is 0 Å². The lowest BCUT2D eigenvalue weighted by Crippen LogP contribution is -2.13. The Bertz CT molecular complexity index is 661. The first-order valence-electron chi connectivity index (χ1n) is 7.35. The van der Waals surface area contributed by atoms with Gasteiger partial charge in [0.05, 0.1) is 12.5 Å². The Kier molecular flexibility index (Phi) is 3.65. The molecule has 3 N–H and O–H groups in total. The van der Waals surface area contributed by atoms with Crippen LogP contribution in [0.1, 0.15) is 34.7 Å². The standard InChI is InChI=1S/C18H20N2O/c1-12-2-5-14-6-9-17(16(14)10-12)20-15-7-3-13(4-8-15)11-18(19)21/h2-5,7-8,10,17,20H,6,9,11H2,1H3,(H2,19,21). The molecule has 0 fully saturated rings. The van der Waals surface area contributed by atoms with Crippen LogP contribution in [0.2, 0.25) is 0 Å². The van der Waals surface area contributed by atoms with Crippen molar-refractivity contribution < 1.29 is 4.79 Å². The maximum Gasteiger partial charge on any atom is 0.221 e. The molecule has 0 spiro atoms. The van der Waals surface area contributed by atoms with Gasteiger partial charge in [-0.1, -0.05) is 35.9 Å². The number of fused-ring (bicyclic) bond motifs is 1. The predicted molar refractivity (Wildman–Crippen MR) is 85.2 cm³/mol. The number of carbonyl (C=O) groups excluding carboxylic acids is 1. The summed E-state index contributed by atoms with van der Waals surface area (Å²) < 4.78 is 0. The van der Waals surface area contributed by atoms with Crippen LogP contribution in [0.4, 0.5) is 5.69 Å². The second-order valence-electron chi connectivity index (χ2n) is 5.78. The predicted octanol–water partition coefficient (Wildman–Crippen LogP) is 3.12. The number of primary amides is 1. The summed E-state index contributed by atoms with van der Waals surface area (Å²) in [5.41, 5.74) is 11.4. The normalized spacial score (nSPS) is 16.5. The van der Waals surface area contributed by atoms with Crippen molar-refractivity contribution in [2.75, 3.05) is 5.32 Å². The van der Waals surface area contributed by atoms with Gasteiger partial charge < -0.3 is 11.1 Å². The number of hydrogen-bond acceptors (Lipinski definition) is 2. The van der Waals surface area contributed by atoms with Gasteiger partial charge in [0.1, 0.15) is 0 Å². The molecule has 1 aliphatic rings. The molecule has 0 aromatic heterocycles. The first kappa shape index (κ1) is 13.7. The van der Waals surface area contributed by atoms with Crippen molar-refractivity contribution in [3.8, 4) is 0 Å². The van der Waals surface area contributed by atoms with Crippen LogP contribution in [0.25, 0.3) is 0 Å². The highest BCUT2D eigenvalue weighted by atomic mass is 16.1. The maximum absolute atomic E-state index is 10.9. The number of aryl methyl sites for hydroxylation is 2. The van der Waals surface area contributed by atoms with Crippen LogP contribution in [0, 0.1) is 6.92 Å². The van der Waals surface area contributed by atoms with Crippen LogP contribution in [-0.2, 0) is 17.6 Å². The zero-order chi connectivity index (χ0) is 14.8. The lowest BCUT2D eigenvalue weighted by atomic mass is 10.0. The number of anilines is 1. The number of amides is 1. The van der Waals surface area contributed by atoms with Gasteiger partial charge in [0, 0.05) is 5.69 Å². The van der Waals surface area contributed by atoms with Crippen LogP contribution >= 0.6 is 0 Å². The van der Waals surface area contributed by atoms with Gasteiger partial charge in [-0.15, -0.1) is 0 Å². The van der Waals surface area contributed by atoms with Crippen LogP contribution in [0.3, 0.4) is 0 Å². The molecule has 21 heavy (non-hydrogen) atoms. The molecule has 1 unspecified atom stereocenters. The topological polar surface area (TPSA) is 55.1 Å².